The van der Waals surface area contributed by atoms with Gasteiger partial charge in [-0.25, -0.2) is 0 Å². The van der Waals surface area contributed by atoms with Crippen molar-refractivity contribution in [3.05, 3.63) is 60.1 Å². The minimum Gasteiger partial charge on any atom is -0.467 e. The topological polar surface area (TPSA) is 71.3 Å². The van der Waals surface area contributed by atoms with Gasteiger partial charge in [-0.1, -0.05) is 53.4 Å². The number of aromatic nitrogens is 2. The molecule has 25 heavy (non-hydrogen) atoms. The van der Waals surface area contributed by atoms with Crippen molar-refractivity contribution in [3.63, 3.8) is 0 Å². The van der Waals surface area contributed by atoms with E-state index in [0.717, 1.165) is 20.8 Å². The average Bonchev–Trinajstić information content (AvgIpc) is 3.31. The van der Waals surface area contributed by atoms with Crippen molar-refractivity contribution in [3.8, 4) is 0 Å². The van der Waals surface area contributed by atoms with Crippen LogP contribution in [0.3, 0.4) is 0 Å². The molecule has 2 aromatic heterocycles. The summed E-state index contributed by atoms with van der Waals surface area (Å²) in [5.74, 6) is 1.11. The van der Waals surface area contributed by atoms with Crippen LogP contribution in [0, 0.1) is 0 Å². The molecule has 3 aromatic rings. The van der Waals surface area contributed by atoms with Gasteiger partial charge in [0.15, 0.2) is 4.34 Å². The molecule has 0 atom stereocenters. The number of furan rings is 1. The van der Waals surface area contributed by atoms with Gasteiger partial charge < -0.3 is 14.6 Å². The van der Waals surface area contributed by atoms with Crippen LogP contribution in [0.1, 0.15) is 11.3 Å². The smallest absolute Gasteiger partial charge is 0.233 e. The predicted molar refractivity (Wildman–Crippen MR) is 99.6 cm³/mol. The van der Waals surface area contributed by atoms with Crippen LogP contribution in [0.15, 0.2) is 57.5 Å². The Hall–Kier alpha value is -2.32. The number of nitrogens with zero attached hydrogens (tertiary/aromatic N) is 3. The largest absolute Gasteiger partial charge is 0.467 e. The van der Waals surface area contributed by atoms with Gasteiger partial charge in [-0.05, 0) is 17.7 Å². The second-order valence-electron chi connectivity index (χ2n) is 5.23. The monoisotopic (exact) mass is 374 g/mol. The first-order valence-electron chi connectivity index (χ1n) is 7.72. The number of rotatable bonds is 8. The van der Waals surface area contributed by atoms with Gasteiger partial charge in [-0.15, -0.1) is 10.2 Å². The summed E-state index contributed by atoms with van der Waals surface area (Å²) in [4.78, 5) is 14.5. The highest BCUT2D eigenvalue weighted by atomic mass is 32.2. The fraction of sp³-hybridized carbons (Fsp3) is 0.235. The van der Waals surface area contributed by atoms with Crippen molar-refractivity contribution in [1.29, 1.82) is 0 Å². The molecule has 0 saturated carbocycles. The van der Waals surface area contributed by atoms with E-state index in [-0.39, 0.29) is 5.91 Å². The summed E-state index contributed by atoms with van der Waals surface area (Å²) in [6.07, 6.45) is 1.62. The SMILES string of the molecule is CNc1nnc(SCC(=O)N(Cc2ccccc2)Cc2ccco2)s1. The van der Waals surface area contributed by atoms with Crippen LogP contribution < -0.4 is 5.32 Å². The summed E-state index contributed by atoms with van der Waals surface area (Å²) in [5.41, 5.74) is 1.08. The lowest BCUT2D eigenvalue weighted by molar-refractivity contribution is -0.129. The van der Waals surface area contributed by atoms with Crippen LogP contribution in [-0.2, 0) is 17.9 Å². The molecule has 0 bridgehead atoms. The fourth-order valence-corrected chi connectivity index (χ4v) is 3.82. The van der Waals surface area contributed by atoms with Gasteiger partial charge in [0.25, 0.3) is 0 Å². The molecule has 3 rings (SSSR count). The van der Waals surface area contributed by atoms with Gasteiger partial charge in [0.2, 0.25) is 11.0 Å². The average molecular weight is 374 g/mol. The van der Waals surface area contributed by atoms with Crippen LogP contribution >= 0.6 is 23.1 Å². The van der Waals surface area contributed by atoms with Crippen molar-refractivity contribution in [2.75, 3.05) is 18.1 Å². The lowest BCUT2D eigenvalue weighted by atomic mass is 10.2. The molecule has 0 aliphatic carbocycles. The Morgan fingerprint density at radius 2 is 2.04 bits per heavy atom. The summed E-state index contributed by atoms with van der Waals surface area (Å²) in [5, 5.41) is 11.7. The lowest BCUT2D eigenvalue weighted by Gasteiger charge is -2.21. The van der Waals surface area contributed by atoms with E-state index in [9.17, 15) is 4.79 Å². The second kappa shape index (κ2) is 8.68. The third kappa shape index (κ3) is 5.07. The highest BCUT2D eigenvalue weighted by Crippen LogP contribution is 2.25. The van der Waals surface area contributed by atoms with Gasteiger partial charge in [-0.3, -0.25) is 4.79 Å². The first-order valence-corrected chi connectivity index (χ1v) is 9.53. The first-order chi connectivity index (χ1) is 12.2. The molecule has 0 unspecified atom stereocenters. The van der Waals surface area contributed by atoms with Crippen molar-refractivity contribution in [2.45, 2.75) is 17.4 Å². The van der Waals surface area contributed by atoms with E-state index < -0.39 is 0 Å². The minimum absolute atomic E-state index is 0.0338. The van der Waals surface area contributed by atoms with Crippen molar-refractivity contribution >= 4 is 34.1 Å². The standard InChI is InChI=1S/C17H18N4O2S2/c1-18-16-19-20-17(25-16)24-12-15(22)21(11-14-8-5-9-23-14)10-13-6-3-2-4-7-13/h2-9H,10-12H2,1H3,(H,18,19). The van der Waals surface area contributed by atoms with Gasteiger partial charge >= 0.3 is 0 Å². The quantitative estimate of drug-likeness (QED) is 0.609. The number of benzene rings is 1. The number of hydrogen-bond acceptors (Lipinski definition) is 7. The Morgan fingerprint density at radius 1 is 1.20 bits per heavy atom. The highest BCUT2D eigenvalue weighted by Gasteiger charge is 2.17. The Morgan fingerprint density at radius 3 is 2.72 bits per heavy atom. The van der Waals surface area contributed by atoms with Crippen LogP contribution in [0.25, 0.3) is 0 Å². The van der Waals surface area contributed by atoms with Gasteiger partial charge in [-0.2, -0.15) is 0 Å². The molecule has 0 aliphatic heterocycles. The zero-order valence-electron chi connectivity index (χ0n) is 13.7. The summed E-state index contributed by atoms with van der Waals surface area (Å²) >= 11 is 2.84. The third-order valence-electron chi connectivity index (χ3n) is 3.44. The van der Waals surface area contributed by atoms with Gasteiger partial charge in [0, 0.05) is 13.6 Å². The molecule has 2 heterocycles. The van der Waals surface area contributed by atoms with E-state index in [1.165, 1.54) is 23.1 Å². The molecular weight excluding hydrogens is 356 g/mol. The highest BCUT2D eigenvalue weighted by molar-refractivity contribution is 8.01. The normalized spacial score (nSPS) is 10.6. The van der Waals surface area contributed by atoms with Crippen LogP contribution in [0.5, 0.6) is 0 Å². The Balaban J connectivity index is 1.65. The van der Waals surface area contributed by atoms with E-state index in [1.807, 2.05) is 42.5 Å². The Labute approximate surface area is 154 Å². The number of hydrogen-bond donors (Lipinski definition) is 1. The number of amides is 1. The summed E-state index contributed by atoms with van der Waals surface area (Å²) < 4.78 is 6.18. The molecule has 130 valence electrons. The molecule has 0 radical (unpaired) electrons. The zero-order chi connectivity index (χ0) is 17.5. The van der Waals surface area contributed by atoms with E-state index in [2.05, 4.69) is 15.5 Å². The van der Waals surface area contributed by atoms with Crippen LogP contribution in [0.2, 0.25) is 0 Å². The maximum Gasteiger partial charge on any atom is 0.233 e. The predicted octanol–water partition coefficient (Wildman–Crippen LogP) is 3.49. The number of carbonyl (C=O) groups excluding carboxylic acids is 1. The molecule has 0 spiro atoms. The van der Waals surface area contributed by atoms with Crippen LogP contribution in [0.4, 0.5) is 5.13 Å². The Kier molecular flexibility index (Phi) is 6.08. The van der Waals surface area contributed by atoms with E-state index in [4.69, 9.17) is 4.42 Å². The second-order valence-corrected chi connectivity index (χ2v) is 7.43. The third-order valence-corrected chi connectivity index (χ3v) is 5.49. The van der Waals surface area contributed by atoms with Gasteiger partial charge in [0.1, 0.15) is 5.76 Å². The van der Waals surface area contributed by atoms with Crippen molar-refractivity contribution < 1.29 is 9.21 Å². The molecule has 1 aromatic carbocycles. The Bertz CT molecular complexity index is 790. The summed E-state index contributed by atoms with van der Waals surface area (Å²) in [6.45, 7) is 0.984. The van der Waals surface area contributed by atoms with Crippen LogP contribution in [-0.4, -0.2) is 33.8 Å². The molecule has 1 N–H and O–H groups in total. The zero-order valence-corrected chi connectivity index (χ0v) is 15.3. The number of nitrogens with one attached hydrogen (secondary N) is 1. The molecule has 0 fully saturated rings. The maximum absolute atomic E-state index is 12.7. The number of carbonyl (C=O) groups is 1. The molecular formula is C17H18N4O2S2. The van der Waals surface area contributed by atoms with E-state index in [0.29, 0.717) is 18.8 Å². The van der Waals surface area contributed by atoms with E-state index in [1.54, 1.807) is 18.2 Å². The number of anilines is 1. The molecule has 0 aliphatic rings. The number of thioether (sulfide) groups is 1. The minimum atomic E-state index is 0.0338. The molecule has 8 heteroatoms. The maximum atomic E-state index is 12.7. The first kappa shape index (κ1) is 17.5. The fourth-order valence-electron chi connectivity index (χ4n) is 2.21. The van der Waals surface area contributed by atoms with Crippen molar-refractivity contribution in [2.24, 2.45) is 0 Å². The molecule has 1 amide bonds. The van der Waals surface area contributed by atoms with Gasteiger partial charge in [0.05, 0.1) is 18.6 Å². The summed E-state index contributed by atoms with van der Waals surface area (Å²) in [7, 11) is 1.80. The van der Waals surface area contributed by atoms with E-state index >= 15 is 0 Å². The molecule has 0 saturated heterocycles. The van der Waals surface area contributed by atoms with Crippen molar-refractivity contribution in [1.82, 2.24) is 15.1 Å². The lowest BCUT2D eigenvalue weighted by Crippen LogP contribution is -2.31. The molecule has 6 nitrogen and oxygen atoms in total. The summed E-state index contributed by atoms with van der Waals surface area (Å²) in [6, 6.07) is 13.6.